The van der Waals surface area contributed by atoms with Gasteiger partial charge in [-0.3, -0.25) is 4.79 Å². The van der Waals surface area contributed by atoms with E-state index in [9.17, 15) is 22.8 Å². The highest BCUT2D eigenvalue weighted by molar-refractivity contribution is 5.98. The fourth-order valence-electron chi connectivity index (χ4n) is 2.31. The molecule has 4 nitrogen and oxygen atoms in total. The third-order valence-electron chi connectivity index (χ3n) is 3.38. The molecule has 1 aromatic heterocycles. The molecular formula is C17H10F3NO3. The van der Waals surface area contributed by atoms with Crippen molar-refractivity contribution in [2.75, 3.05) is 0 Å². The van der Waals surface area contributed by atoms with Crippen LogP contribution in [0.5, 0.6) is 0 Å². The number of oxazole rings is 1. The third-order valence-corrected chi connectivity index (χ3v) is 3.38. The smallest absolute Gasteiger partial charge is 0.407 e. The summed E-state index contributed by atoms with van der Waals surface area (Å²) >= 11 is 0. The van der Waals surface area contributed by atoms with E-state index in [4.69, 9.17) is 4.42 Å². The SMILES string of the molecule is O=C(C=Cc1ccccc1C(F)(F)F)n1c(=O)oc2ccccc21. The highest BCUT2D eigenvalue weighted by atomic mass is 19.4. The van der Waals surface area contributed by atoms with Gasteiger partial charge in [0.15, 0.2) is 5.58 Å². The number of benzene rings is 2. The molecule has 0 saturated carbocycles. The van der Waals surface area contributed by atoms with Gasteiger partial charge in [-0.1, -0.05) is 30.3 Å². The maximum atomic E-state index is 12.9. The molecule has 24 heavy (non-hydrogen) atoms. The fraction of sp³-hybridized carbons (Fsp3) is 0.0588. The Morgan fingerprint density at radius 3 is 2.46 bits per heavy atom. The summed E-state index contributed by atoms with van der Waals surface area (Å²) in [6, 6.07) is 11.1. The first-order valence-electron chi connectivity index (χ1n) is 6.87. The zero-order valence-corrected chi connectivity index (χ0v) is 12.1. The van der Waals surface area contributed by atoms with Gasteiger partial charge in [0.1, 0.15) is 0 Å². The number of alkyl halides is 3. The lowest BCUT2D eigenvalue weighted by molar-refractivity contribution is -0.137. The third kappa shape index (κ3) is 2.88. The molecule has 0 unspecified atom stereocenters. The number of halogens is 3. The summed E-state index contributed by atoms with van der Waals surface area (Å²) in [5.41, 5.74) is -0.557. The van der Waals surface area contributed by atoms with Gasteiger partial charge < -0.3 is 4.42 Å². The van der Waals surface area contributed by atoms with Gasteiger partial charge in [0.2, 0.25) is 0 Å². The average molecular weight is 333 g/mol. The quantitative estimate of drug-likeness (QED) is 0.667. The molecule has 0 fully saturated rings. The van der Waals surface area contributed by atoms with Crippen LogP contribution < -0.4 is 5.76 Å². The molecule has 0 radical (unpaired) electrons. The average Bonchev–Trinajstić information content (AvgIpc) is 2.88. The van der Waals surface area contributed by atoms with Crippen LogP contribution in [0.3, 0.4) is 0 Å². The Morgan fingerprint density at radius 1 is 1.04 bits per heavy atom. The van der Waals surface area contributed by atoms with Crippen LogP contribution in [0, 0.1) is 0 Å². The van der Waals surface area contributed by atoms with Gasteiger partial charge >= 0.3 is 11.9 Å². The largest absolute Gasteiger partial charge is 0.427 e. The van der Waals surface area contributed by atoms with Crippen molar-refractivity contribution in [1.29, 1.82) is 0 Å². The van der Waals surface area contributed by atoms with Gasteiger partial charge in [0, 0.05) is 6.08 Å². The van der Waals surface area contributed by atoms with Gasteiger partial charge in [-0.2, -0.15) is 13.2 Å². The van der Waals surface area contributed by atoms with Gasteiger partial charge in [0.25, 0.3) is 5.91 Å². The second-order valence-electron chi connectivity index (χ2n) is 4.93. The number of allylic oxidation sites excluding steroid dienone is 1. The molecule has 0 N–H and O–H groups in total. The first kappa shape index (κ1) is 15.8. The zero-order chi connectivity index (χ0) is 17.3. The van der Waals surface area contributed by atoms with Crippen molar-refractivity contribution >= 4 is 23.1 Å². The standard InChI is InChI=1S/C17H10F3NO3/c18-17(19,20)12-6-2-1-5-11(12)9-10-15(22)21-13-7-3-4-8-14(13)24-16(21)23/h1-10H. The first-order chi connectivity index (χ1) is 11.4. The molecule has 0 aliphatic heterocycles. The van der Waals surface area contributed by atoms with Crippen LogP contribution in [-0.4, -0.2) is 10.5 Å². The second kappa shape index (κ2) is 5.84. The van der Waals surface area contributed by atoms with E-state index in [1.54, 1.807) is 12.1 Å². The Hall–Kier alpha value is -3.09. The molecule has 0 atom stereocenters. The van der Waals surface area contributed by atoms with Crippen LogP contribution in [0.4, 0.5) is 13.2 Å². The van der Waals surface area contributed by atoms with E-state index in [1.165, 1.54) is 30.3 Å². The van der Waals surface area contributed by atoms with Crippen molar-refractivity contribution in [3.05, 3.63) is 76.3 Å². The van der Waals surface area contributed by atoms with Gasteiger partial charge in [0.05, 0.1) is 11.1 Å². The Balaban J connectivity index is 2.00. The predicted octanol–water partition coefficient (Wildman–Crippen LogP) is 3.97. The molecule has 0 spiro atoms. The number of hydrogen-bond donors (Lipinski definition) is 0. The van der Waals surface area contributed by atoms with Crippen molar-refractivity contribution in [1.82, 2.24) is 4.57 Å². The molecular weight excluding hydrogens is 323 g/mol. The molecule has 0 saturated heterocycles. The molecule has 7 heteroatoms. The van der Waals surface area contributed by atoms with Crippen molar-refractivity contribution < 1.29 is 22.4 Å². The highest BCUT2D eigenvalue weighted by Gasteiger charge is 2.32. The molecule has 0 amide bonds. The molecule has 0 aliphatic carbocycles. The summed E-state index contributed by atoms with van der Waals surface area (Å²) in [6.45, 7) is 0. The molecule has 3 rings (SSSR count). The predicted molar refractivity (Wildman–Crippen MR) is 81.6 cm³/mol. The summed E-state index contributed by atoms with van der Waals surface area (Å²) in [5, 5.41) is 0. The number of carbonyl (C=O) groups excluding carboxylic acids is 1. The van der Waals surface area contributed by atoms with Crippen LogP contribution in [0.15, 0.2) is 63.8 Å². The molecule has 122 valence electrons. The Bertz CT molecular complexity index is 996. The first-order valence-corrected chi connectivity index (χ1v) is 6.87. The van der Waals surface area contributed by atoms with E-state index in [-0.39, 0.29) is 16.7 Å². The van der Waals surface area contributed by atoms with Gasteiger partial charge in [-0.25, -0.2) is 9.36 Å². The molecule has 1 heterocycles. The monoisotopic (exact) mass is 333 g/mol. The van der Waals surface area contributed by atoms with Crippen LogP contribution in [0.2, 0.25) is 0 Å². The molecule has 3 aromatic rings. The van der Waals surface area contributed by atoms with Crippen LogP contribution in [0.1, 0.15) is 15.9 Å². The van der Waals surface area contributed by atoms with Crippen molar-refractivity contribution in [2.24, 2.45) is 0 Å². The summed E-state index contributed by atoms with van der Waals surface area (Å²) < 4.78 is 44.5. The van der Waals surface area contributed by atoms with Crippen LogP contribution >= 0.6 is 0 Å². The Kier molecular flexibility index (Phi) is 3.84. The Labute approximate surface area is 133 Å². The van der Waals surface area contributed by atoms with Crippen molar-refractivity contribution in [2.45, 2.75) is 6.18 Å². The lowest BCUT2D eigenvalue weighted by atomic mass is 10.1. The minimum absolute atomic E-state index is 0.167. The van der Waals surface area contributed by atoms with Crippen LogP contribution in [-0.2, 0) is 6.18 Å². The van der Waals surface area contributed by atoms with Crippen molar-refractivity contribution in [3.63, 3.8) is 0 Å². The van der Waals surface area contributed by atoms with E-state index < -0.39 is 23.4 Å². The number of para-hydroxylation sites is 2. The minimum Gasteiger partial charge on any atom is -0.407 e. The fourth-order valence-corrected chi connectivity index (χ4v) is 2.31. The Morgan fingerprint density at radius 2 is 1.71 bits per heavy atom. The summed E-state index contributed by atoms with van der Waals surface area (Å²) in [6.07, 6.45) is -2.60. The van der Waals surface area contributed by atoms with E-state index in [0.29, 0.717) is 0 Å². The summed E-state index contributed by atoms with van der Waals surface area (Å²) in [7, 11) is 0. The topological polar surface area (TPSA) is 52.2 Å². The maximum Gasteiger partial charge on any atom is 0.427 e. The number of fused-ring (bicyclic) bond motifs is 1. The van der Waals surface area contributed by atoms with E-state index in [2.05, 4.69) is 0 Å². The maximum absolute atomic E-state index is 12.9. The van der Waals surface area contributed by atoms with Crippen LogP contribution in [0.25, 0.3) is 17.2 Å². The number of rotatable bonds is 2. The number of aromatic nitrogens is 1. The number of hydrogen-bond acceptors (Lipinski definition) is 3. The van der Waals surface area contributed by atoms with E-state index >= 15 is 0 Å². The minimum atomic E-state index is -4.54. The molecule has 0 aliphatic rings. The van der Waals surface area contributed by atoms with E-state index in [0.717, 1.165) is 22.8 Å². The normalized spacial score (nSPS) is 12.1. The molecule has 0 bridgehead atoms. The summed E-state index contributed by atoms with van der Waals surface area (Å²) in [5.74, 6) is -1.68. The second-order valence-corrected chi connectivity index (χ2v) is 4.93. The lowest BCUT2D eigenvalue weighted by Crippen LogP contribution is -2.20. The number of carbonyl (C=O) groups is 1. The van der Waals surface area contributed by atoms with Crippen molar-refractivity contribution in [3.8, 4) is 0 Å². The van der Waals surface area contributed by atoms with Gasteiger partial charge in [-0.15, -0.1) is 0 Å². The zero-order valence-electron chi connectivity index (χ0n) is 12.1. The van der Waals surface area contributed by atoms with Gasteiger partial charge in [-0.05, 0) is 29.8 Å². The summed E-state index contributed by atoms with van der Waals surface area (Å²) in [4.78, 5) is 24.0. The molecule has 2 aromatic carbocycles. The lowest BCUT2D eigenvalue weighted by Gasteiger charge is -2.09. The van der Waals surface area contributed by atoms with E-state index in [1.807, 2.05) is 0 Å². The number of nitrogens with zero attached hydrogens (tertiary/aromatic N) is 1. The highest BCUT2D eigenvalue weighted by Crippen LogP contribution is 2.32.